The number of imidazole rings is 1. The van der Waals surface area contributed by atoms with Crippen LogP contribution >= 0.6 is 11.3 Å². The van der Waals surface area contributed by atoms with Crippen LogP contribution in [0.25, 0.3) is 58.8 Å². The van der Waals surface area contributed by atoms with E-state index in [1.807, 2.05) is 48.8 Å². The number of pyridine rings is 2. The summed E-state index contributed by atoms with van der Waals surface area (Å²) in [5, 5.41) is 5.64. The Labute approximate surface area is 236 Å². The van der Waals surface area contributed by atoms with E-state index < -0.39 is 0 Å². The molecule has 4 aromatic carbocycles. The van der Waals surface area contributed by atoms with Crippen molar-refractivity contribution in [3.05, 3.63) is 116 Å². The fourth-order valence-electron chi connectivity index (χ4n) is 5.13. The molecule has 0 saturated heterocycles. The third-order valence-corrected chi connectivity index (χ3v) is 7.97. The first-order valence-electron chi connectivity index (χ1n) is 12.0. The van der Waals surface area contributed by atoms with Crippen molar-refractivity contribution in [1.82, 2.24) is 14.4 Å². The minimum atomic E-state index is 0. The molecule has 8 rings (SSSR count). The predicted octanol–water partition coefficient (Wildman–Crippen LogP) is 8.46. The molecule has 0 unspecified atom stereocenters. The van der Waals surface area contributed by atoms with E-state index in [2.05, 4.69) is 76.1 Å². The zero-order chi connectivity index (χ0) is 24.3. The number of para-hydroxylation sites is 1. The van der Waals surface area contributed by atoms with Crippen molar-refractivity contribution in [2.45, 2.75) is 0 Å². The molecule has 0 amide bonds. The van der Waals surface area contributed by atoms with Gasteiger partial charge in [0, 0.05) is 28.4 Å². The van der Waals surface area contributed by atoms with Gasteiger partial charge < -0.3 is 9.14 Å². The maximum atomic E-state index is 6.24. The van der Waals surface area contributed by atoms with Gasteiger partial charge in [-0.2, -0.15) is 11.3 Å². The van der Waals surface area contributed by atoms with Crippen LogP contribution in [-0.2, 0) is 21.1 Å². The number of rotatable bonds is 3. The van der Waals surface area contributed by atoms with Gasteiger partial charge in [-0.15, -0.1) is 29.8 Å². The summed E-state index contributed by atoms with van der Waals surface area (Å²) in [5.74, 6) is 1.11. The first-order valence-corrected chi connectivity index (χ1v) is 12.8. The van der Waals surface area contributed by atoms with Crippen molar-refractivity contribution in [1.29, 1.82) is 0 Å². The smallest absolute Gasteiger partial charge is 0.460 e. The van der Waals surface area contributed by atoms with Gasteiger partial charge in [0.15, 0.2) is 0 Å². The molecule has 4 nitrogen and oxygen atoms in total. The van der Waals surface area contributed by atoms with Gasteiger partial charge in [0.25, 0.3) is 0 Å². The second kappa shape index (κ2) is 9.05. The van der Waals surface area contributed by atoms with Crippen LogP contribution in [0.4, 0.5) is 0 Å². The Morgan fingerprint density at radius 2 is 1.66 bits per heavy atom. The topological polar surface area (TPSA) is 39.4 Å². The van der Waals surface area contributed by atoms with E-state index in [1.54, 1.807) is 11.3 Å². The zero-order valence-electron chi connectivity index (χ0n) is 19.8. The largest absolute Gasteiger partial charge is 2.00 e. The predicted molar refractivity (Wildman–Crippen MR) is 151 cm³/mol. The van der Waals surface area contributed by atoms with Gasteiger partial charge in [-0.25, -0.2) is 0 Å². The van der Waals surface area contributed by atoms with E-state index in [9.17, 15) is 0 Å². The molecule has 0 N–H and O–H groups in total. The minimum Gasteiger partial charge on any atom is -0.460 e. The maximum absolute atomic E-state index is 6.24. The Kier molecular flexibility index (Phi) is 5.50. The third kappa shape index (κ3) is 3.54. The van der Waals surface area contributed by atoms with Crippen LogP contribution in [0.1, 0.15) is 0 Å². The molecule has 4 aromatic heterocycles. The number of benzene rings is 4. The Morgan fingerprint density at radius 1 is 0.789 bits per heavy atom. The molecule has 0 radical (unpaired) electrons. The number of aromatic nitrogens is 3. The van der Waals surface area contributed by atoms with E-state index in [0.29, 0.717) is 11.6 Å². The van der Waals surface area contributed by atoms with E-state index >= 15 is 0 Å². The molecule has 0 bridgehead atoms. The molecule has 182 valence electrons. The average molecular weight is 687 g/mol. The van der Waals surface area contributed by atoms with Crippen LogP contribution < -0.4 is 4.74 Å². The molecule has 0 atom stereocenters. The van der Waals surface area contributed by atoms with E-state index in [-0.39, 0.29) is 21.1 Å². The molecule has 0 aliphatic carbocycles. The molecule has 6 heteroatoms. The number of nitrogens with zero attached hydrogens (tertiary/aromatic N) is 3. The van der Waals surface area contributed by atoms with Gasteiger partial charge in [0.1, 0.15) is 0 Å². The Balaban J connectivity index is 0.00000242. The minimum absolute atomic E-state index is 0. The van der Waals surface area contributed by atoms with Crippen LogP contribution in [0.3, 0.4) is 0 Å². The van der Waals surface area contributed by atoms with E-state index in [0.717, 1.165) is 38.6 Å². The first-order chi connectivity index (χ1) is 18.3. The molecule has 0 aliphatic heterocycles. The van der Waals surface area contributed by atoms with Crippen molar-refractivity contribution < 1.29 is 25.8 Å². The summed E-state index contributed by atoms with van der Waals surface area (Å²) in [6.45, 7) is 0. The summed E-state index contributed by atoms with van der Waals surface area (Å²) >= 11 is 1.77. The Hall–Kier alpha value is -4.05. The Bertz CT molecular complexity index is 2150. The number of fused-ring (bicyclic) bond motifs is 9. The number of thiophene rings is 1. The van der Waals surface area contributed by atoms with Crippen LogP contribution in [-0.4, -0.2) is 14.4 Å². The van der Waals surface area contributed by atoms with E-state index in [4.69, 9.17) is 9.72 Å². The SMILES string of the molecule is [Pt+2].[c-]1ccc2c(sc3ccccc32)c1-c1cccc(Oc2[c-]c3c(cc2)c2ccccc2n2ccnc32)n1. The summed E-state index contributed by atoms with van der Waals surface area (Å²) < 4.78 is 10.8. The fourth-order valence-corrected chi connectivity index (χ4v) is 6.34. The molecular formula is C32H17N3OPtS. The zero-order valence-corrected chi connectivity index (χ0v) is 22.9. The summed E-state index contributed by atoms with van der Waals surface area (Å²) in [6.07, 6.45) is 3.80. The van der Waals surface area contributed by atoms with Crippen LogP contribution in [0.5, 0.6) is 11.6 Å². The standard InChI is InChI=1S/C32H17N3OS.Pt/c1-3-12-28-22(7-1)21-16-15-20(19-26(21)32-33-17-18-35(28)32)36-30-14-6-11-27(34-30)25-10-5-9-24-23-8-2-4-13-29(23)37-31(24)25;/h1-9,11-18H;/q-2;+2. The summed E-state index contributed by atoms with van der Waals surface area (Å²) in [4.78, 5) is 9.46. The van der Waals surface area contributed by atoms with Gasteiger partial charge in [-0.05, 0) is 39.4 Å². The molecule has 8 aromatic rings. The first kappa shape index (κ1) is 23.1. The molecule has 0 aliphatic rings. The molecular weight excluding hydrogens is 670 g/mol. The van der Waals surface area contributed by atoms with Gasteiger partial charge in [-0.1, -0.05) is 76.8 Å². The van der Waals surface area contributed by atoms with Crippen LogP contribution in [0.2, 0.25) is 0 Å². The summed E-state index contributed by atoms with van der Waals surface area (Å²) in [6, 6.07) is 37.7. The second-order valence-electron chi connectivity index (χ2n) is 8.91. The molecule has 0 spiro atoms. The molecule has 4 heterocycles. The van der Waals surface area contributed by atoms with Crippen molar-refractivity contribution in [2.24, 2.45) is 0 Å². The van der Waals surface area contributed by atoms with Gasteiger partial charge >= 0.3 is 21.1 Å². The number of hydrogen-bond acceptors (Lipinski definition) is 4. The summed E-state index contributed by atoms with van der Waals surface area (Å²) in [5.41, 5.74) is 3.78. The van der Waals surface area contributed by atoms with Crippen LogP contribution in [0, 0.1) is 12.1 Å². The Morgan fingerprint density at radius 3 is 2.61 bits per heavy atom. The van der Waals surface area contributed by atoms with Gasteiger partial charge in [-0.3, -0.25) is 9.97 Å². The average Bonchev–Trinajstić information content (AvgIpc) is 3.59. The van der Waals surface area contributed by atoms with Crippen molar-refractivity contribution in [3.63, 3.8) is 0 Å². The summed E-state index contributed by atoms with van der Waals surface area (Å²) in [7, 11) is 0. The monoisotopic (exact) mass is 686 g/mol. The van der Waals surface area contributed by atoms with E-state index in [1.165, 1.54) is 20.2 Å². The maximum Gasteiger partial charge on any atom is 2.00 e. The van der Waals surface area contributed by atoms with Crippen LogP contribution in [0.15, 0.2) is 103 Å². The number of ether oxygens (including phenoxy) is 1. The number of hydrogen-bond donors (Lipinski definition) is 0. The molecule has 0 fully saturated rings. The molecule has 38 heavy (non-hydrogen) atoms. The van der Waals surface area contributed by atoms with Crippen molar-refractivity contribution >= 4 is 58.8 Å². The fraction of sp³-hybridized carbons (Fsp3) is 0. The van der Waals surface area contributed by atoms with Crippen molar-refractivity contribution in [3.8, 4) is 22.9 Å². The third-order valence-electron chi connectivity index (χ3n) is 6.77. The normalized spacial score (nSPS) is 11.5. The molecule has 0 saturated carbocycles. The quantitative estimate of drug-likeness (QED) is 0.138. The van der Waals surface area contributed by atoms with Crippen molar-refractivity contribution in [2.75, 3.05) is 0 Å². The second-order valence-corrected chi connectivity index (χ2v) is 9.96. The van der Waals surface area contributed by atoms with Gasteiger partial charge in [0.2, 0.25) is 5.88 Å². The van der Waals surface area contributed by atoms with Gasteiger partial charge in [0.05, 0.1) is 5.65 Å².